The predicted octanol–water partition coefficient (Wildman–Crippen LogP) is 6.36. The van der Waals surface area contributed by atoms with Crippen LogP contribution in [0.4, 0.5) is 30.7 Å². The van der Waals surface area contributed by atoms with Crippen molar-refractivity contribution in [3.05, 3.63) is 70.5 Å². The average molecular weight is 547 g/mol. The first-order valence-electron chi connectivity index (χ1n) is 12.3. The second-order valence-corrected chi connectivity index (χ2v) is 10.5. The van der Waals surface area contributed by atoms with E-state index in [9.17, 15) is 35.5 Å². The maximum atomic E-state index is 13.7. The van der Waals surface area contributed by atoms with Gasteiger partial charge in [0.1, 0.15) is 5.82 Å². The number of nitrogens with two attached hydrogens (primary N) is 1. The first-order chi connectivity index (χ1) is 17.6. The van der Waals surface area contributed by atoms with Crippen LogP contribution in [-0.4, -0.2) is 24.6 Å². The summed E-state index contributed by atoms with van der Waals surface area (Å²) in [5.41, 5.74) is 2.72. The number of carbonyl (C=O) groups is 1. The molecule has 2 aromatic carbocycles. The third-order valence-corrected chi connectivity index (χ3v) is 7.86. The molecule has 0 spiro atoms. The molecule has 0 radical (unpaired) electrons. The van der Waals surface area contributed by atoms with Crippen molar-refractivity contribution in [1.29, 1.82) is 0 Å². The van der Waals surface area contributed by atoms with E-state index in [1.807, 2.05) is 0 Å². The maximum Gasteiger partial charge on any atom is 0.416 e. The van der Waals surface area contributed by atoms with Crippen LogP contribution in [-0.2, 0) is 21.9 Å². The lowest BCUT2D eigenvalue weighted by Crippen LogP contribution is -2.37. The molecule has 11 heteroatoms. The van der Waals surface area contributed by atoms with Crippen molar-refractivity contribution in [2.45, 2.75) is 69.6 Å². The number of nitrogens with one attached hydrogen (secondary N) is 1. The molecular formula is C27H29F7N2O2. The molecule has 0 aromatic heterocycles. The summed E-state index contributed by atoms with van der Waals surface area (Å²) in [5, 5.41) is 3.00. The molecule has 0 unspecified atom stereocenters. The summed E-state index contributed by atoms with van der Waals surface area (Å²) in [4.78, 5) is 12.6. The van der Waals surface area contributed by atoms with E-state index in [0.29, 0.717) is 37.0 Å². The zero-order chi connectivity index (χ0) is 28.0. The summed E-state index contributed by atoms with van der Waals surface area (Å²) in [5.74, 6) is -1.16. The van der Waals surface area contributed by atoms with E-state index in [-0.39, 0.29) is 42.0 Å². The SMILES string of the molecule is C[C@@H](O[C@H]1CC[C@@H]([C@H]2C[C@](C)(CN)C(=O)N2)[C@@H]1c1ccc(F)cc1)c1cc(C(F)(F)F)cc(C(F)(F)F)c1. The van der Waals surface area contributed by atoms with Gasteiger partial charge >= 0.3 is 12.4 Å². The van der Waals surface area contributed by atoms with Crippen molar-refractivity contribution in [2.24, 2.45) is 17.1 Å². The van der Waals surface area contributed by atoms with Crippen LogP contribution in [0.2, 0.25) is 0 Å². The Morgan fingerprint density at radius 2 is 1.61 bits per heavy atom. The number of carbonyl (C=O) groups excluding carboxylic acids is 1. The van der Waals surface area contributed by atoms with Gasteiger partial charge in [0.05, 0.1) is 28.7 Å². The Morgan fingerprint density at radius 1 is 1.03 bits per heavy atom. The number of ether oxygens (including phenoxy) is 1. The highest BCUT2D eigenvalue weighted by atomic mass is 19.4. The fourth-order valence-electron chi connectivity index (χ4n) is 5.70. The minimum absolute atomic E-state index is 0.0837. The lowest BCUT2D eigenvalue weighted by Gasteiger charge is -2.31. The lowest BCUT2D eigenvalue weighted by molar-refractivity contribution is -0.143. The van der Waals surface area contributed by atoms with Gasteiger partial charge in [-0.15, -0.1) is 0 Å². The number of halogens is 7. The summed E-state index contributed by atoms with van der Waals surface area (Å²) in [6, 6.07) is 6.90. The standard InChI is InChI=1S/C27H29F7N2O2/c1-14(16-9-17(26(29,30)31)11-18(10-16)27(32,33)34)38-22-8-7-20(21-12-25(2,13-35)24(37)36-21)23(22)15-3-5-19(28)6-4-15/h3-6,9-11,14,20-23H,7-8,12-13,35H2,1-2H3,(H,36,37)/t14-,20+,21-,22+,23+,25-/m1/s1. The van der Waals surface area contributed by atoms with Gasteiger partial charge in [0.15, 0.2) is 0 Å². The zero-order valence-corrected chi connectivity index (χ0v) is 20.8. The van der Waals surface area contributed by atoms with Crippen molar-refractivity contribution < 1.29 is 40.3 Å². The first kappa shape index (κ1) is 28.4. The van der Waals surface area contributed by atoms with E-state index in [1.165, 1.54) is 19.1 Å². The van der Waals surface area contributed by atoms with Gasteiger partial charge in [-0.2, -0.15) is 26.3 Å². The summed E-state index contributed by atoms with van der Waals surface area (Å²) in [6.45, 7) is 3.33. The number of rotatable bonds is 6. The normalized spacial score (nSPS) is 28.9. The molecular weight excluding hydrogens is 517 g/mol. The molecule has 2 aromatic rings. The summed E-state index contributed by atoms with van der Waals surface area (Å²) >= 11 is 0. The van der Waals surface area contributed by atoms with Crippen molar-refractivity contribution in [1.82, 2.24) is 5.32 Å². The number of benzene rings is 2. The topological polar surface area (TPSA) is 64.3 Å². The van der Waals surface area contributed by atoms with Crippen molar-refractivity contribution in [2.75, 3.05) is 6.54 Å². The minimum atomic E-state index is -4.97. The quantitative estimate of drug-likeness (QED) is 0.415. The fraction of sp³-hybridized carbons (Fsp3) is 0.519. The molecule has 0 bridgehead atoms. The van der Waals surface area contributed by atoms with Gasteiger partial charge in [0.2, 0.25) is 5.91 Å². The molecule has 6 atom stereocenters. The third kappa shape index (κ3) is 5.68. The molecule has 1 heterocycles. The summed E-state index contributed by atoms with van der Waals surface area (Å²) < 4.78 is 100. The second kappa shape index (κ2) is 10.1. The molecule has 1 saturated carbocycles. The molecule has 1 amide bonds. The van der Waals surface area contributed by atoms with Crippen LogP contribution in [0.5, 0.6) is 0 Å². The molecule has 208 valence electrons. The minimum Gasteiger partial charge on any atom is -0.370 e. The van der Waals surface area contributed by atoms with Crippen LogP contribution >= 0.6 is 0 Å². The van der Waals surface area contributed by atoms with E-state index in [2.05, 4.69) is 5.32 Å². The first-order valence-corrected chi connectivity index (χ1v) is 12.3. The maximum absolute atomic E-state index is 13.7. The molecule has 2 aliphatic rings. The van der Waals surface area contributed by atoms with Crippen LogP contribution in [0.1, 0.15) is 67.4 Å². The summed E-state index contributed by atoms with van der Waals surface area (Å²) in [6.07, 6.45) is -10.1. The monoisotopic (exact) mass is 546 g/mol. The predicted molar refractivity (Wildman–Crippen MR) is 125 cm³/mol. The highest BCUT2D eigenvalue weighted by Gasteiger charge is 2.50. The van der Waals surface area contributed by atoms with E-state index in [0.717, 1.165) is 0 Å². The lowest BCUT2D eigenvalue weighted by atomic mass is 9.78. The smallest absolute Gasteiger partial charge is 0.370 e. The van der Waals surface area contributed by atoms with Gasteiger partial charge in [0.25, 0.3) is 0 Å². The fourth-order valence-corrected chi connectivity index (χ4v) is 5.70. The zero-order valence-electron chi connectivity index (χ0n) is 20.8. The molecule has 2 fully saturated rings. The number of amides is 1. The Labute approximate surface area is 215 Å². The average Bonchev–Trinajstić information content (AvgIpc) is 3.39. The van der Waals surface area contributed by atoms with Gasteiger partial charge in [-0.25, -0.2) is 4.39 Å². The van der Waals surface area contributed by atoms with Gasteiger partial charge in [-0.3, -0.25) is 4.79 Å². The van der Waals surface area contributed by atoms with E-state index in [1.54, 1.807) is 19.1 Å². The van der Waals surface area contributed by atoms with Crippen LogP contribution in [0.3, 0.4) is 0 Å². The van der Waals surface area contributed by atoms with Crippen LogP contribution in [0.15, 0.2) is 42.5 Å². The van der Waals surface area contributed by atoms with Crippen LogP contribution in [0, 0.1) is 17.2 Å². The van der Waals surface area contributed by atoms with E-state index in [4.69, 9.17) is 10.5 Å². The van der Waals surface area contributed by atoms with Crippen molar-refractivity contribution >= 4 is 5.91 Å². The van der Waals surface area contributed by atoms with Gasteiger partial charge in [-0.05, 0) is 80.5 Å². The molecule has 38 heavy (non-hydrogen) atoms. The highest BCUT2D eigenvalue weighted by Crippen LogP contribution is 2.48. The Hall–Kier alpha value is -2.66. The second-order valence-electron chi connectivity index (χ2n) is 10.5. The Balaban J connectivity index is 1.65. The Bertz CT molecular complexity index is 1130. The van der Waals surface area contributed by atoms with E-state index >= 15 is 0 Å². The molecule has 1 aliphatic heterocycles. The van der Waals surface area contributed by atoms with Crippen molar-refractivity contribution in [3.63, 3.8) is 0 Å². The van der Waals surface area contributed by atoms with Gasteiger partial charge < -0.3 is 15.8 Å². The van der Waals surface area contributed by atoms with Crippen LogP contribution < -0.4 is 11.1 Å². The summed E-state index contributed by atoms with van der Waals surface area (Å²) in [7, 11) is 0. The number of alkyl halides is 6. The Morgan fingerprint density at radius 3 is 2.11 bits per heavy atom. The van der Waals surface area contributed by atoms with Gasteiger partial charge in [0, 0.05) is 18.5 Å². The largest absolute Gasteiger partial charge is 0.416 e. The molecule has 4 nitrogen and oxygen atoms in total. The highest BCUT2D eigenvalue weighted by molar-refractivity contribution is 5.85. The molecule has 3 N–H and O–H groups in total. The third-order valence-electron chi connectivity index (χ3n) is 7.86. The van der Waals surface area contributed by atoms with E-state index < -0.39 is 46.9 Å². The Kier molecular flexibility index (Phi) is 7.57. The molecule has 1 aliphatic carbocycles. The molecule has 1 saturated heterocycles. The van der Waals surface area contributed by atoms with Crippen LogP contribution in [0.25, 0.3) is 0 Å². The van der Waals surface area contributed by atoms with Crippen molar-refractivity contribution in [3.8, 4) is 0 Å². The number of hydrogen-bond donors (Lipinski definition) is 2. The molecule has 4 rings (SSSR count). The number of hydrogen-bond acceptors (Lipinski definition) is 3. The van der Waals surface area contributed by atoms with Gasteiger partial charge in [-0.1, -0.05) is 12.1 Å².